The number of hydrogen-bond acceptors (Lipinski definition) is 3. The highest BCUT2D eigenvalue weighted by molar-refractivity contribution is 9.10. The summed E-state index contributed by atoms with van der Waals surface area (Å²) >= 11 is 5.39. The Bertz CT molecular complexity index is 394. The molecule has 0 amide bonds. The maximum Gasteiger partial charge on any atom is 0.103 e. The van der Waals surface area contributed by atoms with E-state index in [2.05, 4.69) is 26.9 Å². The van der Waals surface area contributed by atoms with Gasteiger partial charge < -0.3 is 4.90 Å². The van der Waals surface area contributed by atoms with Gasteiger partial charge in [-0.25, -0.2) is 0 Å². The largest absolute Gasteiger partial charge is 0.369 e. The van der Waals surface area contributed by atoms with E-state index in [9.17, 15) is 0 Å². The smallest absolute Gasteiger partial charge is 0.103 e. The van der Waals surface area contributed by atoms with Gasteiger partial charge in [-0.05, 0) is 28.1 Å². The molecule has 1 aromatic rings. The van der Waals surface area contributed by atoms with Gasteiger partial charge in [-0.3, -0.25) is 0 Å². The molecule has 0 aromatic heterocycles. The minimum Gasteiger partial charge on any atom is -0.369 e. The van der Waals surface area contributed by atoms with E-state index in [4.69, 9.17) is 5.26 Å². The lowest BCUT2D eigenvalue weighted by atomic mass is 10.1. The van der Waals surface area contributed by atoms with Crippen LogP contribution in [0, 0.1) is 11.3 Å². The Morgan fingerprint density at radius 1 is 1.33 bits per heavy atom. The van der Waals surface area contributed by atoms with Crippen LogP contribution in [-0.2, 0) is 0 Å². The van der Waals surface area contributed by atoms with E-state index in [0.717, 1.165) is 40.3 Å². The molecule has 4 heteroatoms. The molecule has 78 valence electrons. The van der Waals surface area contributed by atoms with Crippen LogP contribution in [0.1, 0.15) is 5.56 Å². The molecule has 0 atom stereocenters. The standard InChI is InChI=1S/C11H11BrN2S/c12-10-2-1-3-11(9(10)8-13)14-4-6-15-7-5-14/h1-3H,4-7H2. The van der Waals surface area contributed by atoms with E-state index < -0.39 is 0 Å². The molecule has 2 rings (SSSR count). The summed E-state index contributed by atoms with van der Waals surface area (Å²) in [6, 6.07) is 8.20. The molecule has 1 fully saturated rings. The summed E-state index contributed by atoms with van der Waals surface area (Å²) in [6.45, 7) is 2.07. The topological polar surface area (TPSA) is 27.0 Å². The second-order valence-corrected chi connectivity index (χ2v) is 5.42. The van der Waals surface area contributed by atoms with Gasteiger partial charge >= 0.3 is 0 Å². The molecule has 0 saturated carbocycles. The van der Waals surface area contributed by atoms with Crippen molar-refractivity contribution in [2.75, 3.05) is 29.5 Å². The number of rotatable bonds is 1. The van der Waals surface area contributed by atoms with Crippen molar-refractivity contribution in [2.24, 2.45) is 0 Å². The van der Waals surface area contributed by atoms with Crippen molar-refractivity contribution in [3.8, 4) is 6.07 Å². The first kappa shape index (κ1) is 10.8. The molecule has 15 heavy (non-hydrogen) atoms. The predicted molar refractivity (Wildman–Crippen MR) is 68.4 cm³/mol. The molecule has 0 radical (unpaired) electrons. The summed E-state index contributed by atoms with van der Waals surface area (Å²) in [7, 11) is 0. The van der Waals surface area contributed by atoms with Gasteiger partial charge in [0.15, 0.2) is 0 Å². The molecule has 2 nitrogen and oxygen atoms in total. The zero-order chi connectivity index (χ0) is 10.7. The first-order valence-electron chi connectivity index (χ1n) is 4.84. The van der Waals surface area contributed by atoms with E-state index in [1.54, 1.807) is 0 Å². The Morgan fingerprint density at radius 3 is 2.73 bits per heavy atom. The van der Waals surface area contributed by atoms with Crippen molar-refractivity contribution in [3.05, 3.63) is 28.2 Å². The van der Waals surface area contributed by atoms with Gasteiger partial charge in [0.1, 0.15) is 6.07 Å². The van der Waals surface area contributed by atoms with Crippen molar-refractivity contribution in [3.63, 3.8) is 0 Å². The third-order valence-electron chi connectivity index (χ3n) is 2.46. The Labute approximate surface area is 102 Å². The molecule has 1 saturated heterocycles. The summed E-state index contributed by atoms with van der Waals surface area (Å²) in [5.41, 5.74) is 1.82. The maximum absolute atomic E-state index is 9.12. The van der Waals surface area contributed by atoms with Gasteiger partial charge in [-0.1, -0.05) is 6.07 Å². The molecular formula is C11H11BrN2S. The maximum atomic E-state index is 9.12. The molecule has 1 aliphatic rings. The Hall–Kier alpha value is -0.660. The Morgan fingerprint density at radius 2 is 2.07 bits per heavy atom. The Kier molecular flexibility index (Phi) is 3.55. The fraction of sp³-hybridized carbons (Fsp3) is 0.364. The number of anilines is 1. The second kappa shape index (κ2) is 4.91. The molecule has 0 N–H and O–H groups in total. The fourth-order valence-electron chi connectivity index (χ4n) is 1.69. The van der Waals surface area contributed by atoms with Gasteiger partial charge in [-0.15, -0.1) is 0 Å². The minimum absolute atomic E-state index is 0.754. The lowest BCUT2D eigenvalue weighted by molar-refractivity contribution is 0.856. The average molecular weight is 283 g/mol. The highest BCUT2D eigenvalue weighted by Crippen LogP contribution is 2.28. The number of benzene rings is 1. The molecule has 1 heterocycles. The quantitative estimate of drug-likeness (QED) is 0.793. The van der Waals surface area contributed by atoms with Crippen molar-refractivity contribution in [2.45, 2.75) is 0 Å². The molecule has 0 spiro atoms. The first-order chi connectivity index (χ1) is 7.33. The first-order valence-corrected chi connectivity index (χ1v) is 6.79. The van der Waals surface area contributed by atoms with Crippen molar-refractivity contribution < 1.29 is 0 Å². The van der Waals surface area contributed by atoms with Gasteiger partial charge in [-0.2, -0.15) is 17.0 Å². The van der Waals surface area contributed by atoms with Crippen molar-refractivity contribution >= 4 is 33.4 Å². The Balaban J connectivity index is 2.34. The third-order valence-corrected chi connectivity index (χ3v) is 4.06. The molecular weight excluding hydrogens is 272 g/mol. The summed E-state index contributed by atoms with van der Waals surface area (Å²) < 4.78 is 0.890. The van der Waals surface area contributed by atoms with Crippen LogP contribution >= 0.6 is 27.7 Å². The van der Waals surface area contributed by atoms with Gasteiger partial charge in [0, 0.05) is 29.1 Å². The second-order valence-electron chi connectivity index (χ2n) is 3.35. The van der Waals surface area contributed by atoms with Crippen LogP contribution in [0.5, 0.6) is 0 Å². The number of hydrogen-bond donors (Lipinski definition) is 0. The van der Waals surface area contributed by atoms with Gasteiger partial charge in [0.25, 0.3) is 0 Å². The van der Waals surface area contributed by atoms with Crippen LogP contribution in [0.3, 0.4) is 0 Å². The summed E-state index contributed by atoms with van der Waals surface area (Å²) in [6.07, 6.45) is 0. The van der Waals surface area contributed by atoms with Crippen LogP contribution < -0.4 is 4.90 Å². The van der Waals surface area contributed by atoms with Crippen LogP contribution in [0.2, 0.25) is 0 Å². The average Bonchev–Trinajstić information content (AvgIpc) is 2.30. The predicted octanol–water partition coefficient (Wildman–Crippen LogP) is 2.87. The number of nitriles is 1. The lowest BCUT2D eigenvalue weighted by Gasteiger charge is -2.29. The summed E-state index contributed by atoms with van der Waals surface area (Å²) in [5.74, 6) is 2.30. The molecule has 0 bridgehead atoms. The zero-order valence-corrected chi connectivity index (χ0v) is 10.6. The highest BCUT2D eigenvalue weighted by Gasteiger charge is 2.15. The lowest BCUT2D eigenvalue weighted by Crippen LogP contribution is -2.32. The van der Waals surface area contributed by atoms with Crippen molar-refractivity contribution in [1.29, 1.82) is 5.26 Å². The molecule has 0 unspecified atom stereocenters. The van der Waals surface area contributed by atoms with Crippen LogP contribution in [0.4, 0.5) is 5.69 Å². The van der Waals surface area contributed by atoms with E-state index in [1.165, 1.54) is 0 Å². The van der Waals surface area contributed by atoms with Gasteiger partial charge in [0.2, 0.25) is 0 Å². The molecule has 0 aliphatic carbocycles. The summed E-state index contributed by atoms with van der Waals surface area (Å²) in [5, 5.41) is 9.12. The summed E-state index contributed by atoms with van der Waals surface area (Å²) in [4.78, 5) is 2.29. The highest BCUT2D eigenvalue weighted by atomic mass is 79.9. The van der Waals surface area contributed by atoms with E-state index in [1.807, 2.05) is 30.0 Å². The van der Waals surface area contributed by atoms with E-state index in [0.29, 0.717) is 0 Å². The SMILES string of the molecule is N#Cc1c(Br)cccc1N1CCSCC1. The zero-order valence-electron chi connectivity index (χ0n) is 8.24. The number of thioether (sulfide) groups is 1. The molecule has 1 aliphatic heterocycles. The molecule has 1 aromatic carbocycles. The number of nitrogens with zero attached hydrogens (tertiary/aromatic N) is 2. The van der Waals surface area contributed by atoms with Crippen LogP contribution in [-0.4, -0.2) is 24.6 Å². The van der Waals surface area contributed by atoms with E-state index >= 15 is 0 Å². The monoisotopic (exact) mass is 282 g/mol. The van der Waals surface area contributed by atoms with Crippen LogP contribution in [0.25, 0.3) is 0 Å². The minimum atomic E-state index is 0.754. The third kappa shape index (κ3) is 2.30. The van der Waals surface area contributed by atoms with Gasteiger partial charge in [0.05, 0.1) is 11.3 Å². The van der Waals surface area contributed by atoms with Crippen molar-refractivity contribution in [1.82, 2.24) is 0 Å². The van der Waals surface area contributed by atoms with Crippen LogP contribution in [0.15, 0.2) is 22.7 Å². The number of halogens is 1. The normalized spacial score (nSPS) is 16.1. The van der Waals surface area contributed by atoms with E-state index in [-0.39, 0.29) is 0 Å². The fourth-order valence-corrected chi connectivity index (χ4v) is 3.04.